The van der Waals surface area contributed by atoms with E-state index in [4.69, 9.17) is 33.9 Å². The van der Waals surface area contributed by atoms with Gasteiger partial charge in [-0.15, -0.1) is 0 Å². The number of hydrogen-bond donors (Lipinski definition) is 3. The fourth-order valence-corrected chi connectivity index (χ4v) is 4.15. The van der Waals surface area contributed by atoms with Crippen LogP contribution in [-0.2, 0) is 6.42 Å². The number of carbonyl (C=O) groups is 1. The van der Waals surface area contributed by atoms with Gasteiger partial charge in [0, 0.05) is 36.2 Å². The molecule has 1 aliphatic rings. The lowest BCUT2D eigenvalue weighted by atomic mass is 9.91. The average molecular weight is 477 g/mol. The van der Waals surface area contributed by atoms with Gasteiger partial charge in [-0.2, -0.15) is 5.26 Å². The zero-order valence-corrected chi connectivity index (χ0v) is 19.8. The lowest BCUT2D eigenvalue weighted by molar-refractivity contribution is 0.182. The number of anilines is 1. The Labute approximate surface area is 197 Å². The largest absolute Gasteiger partial charge is 0.465 e. The summed E-state index contributed by atoms with van der Waals surface area (Å²) in [4.78, 5) is 22.7. The highest BCUT2D eigenvalue weighted by atomic mass is 35.5. The van der Waals surface area contributed by atoms with Crippen LogP contribution in [0.3, 0.4) is 0 Å². The predicted molar refractivity (Wildman–Crippen MR) is 125 cm³/mol. The lowest BCUT2D eigenvalue weighted by Gasteiger charge is -2.37. The molecule has 3 rings (SSSR count). The highest BCUT2D eigenvalue weighted by molar-refractivity contribution is 6.43. The molecule has 2 heterocycles. The van der Waals surface area contributed by atoms with Crippen LogP contribution in [0.1, 0.15) is 45.0 Å². The van der Waals surface area contributed by atoms with Gasteiger partial charge < -0.3 is 21.1 Å². The van der Waals surface area contributed by atoms with Gasteiger partial charge >= 0.3 is 6.09 Å². The van der Waals surface area contributed by atoms with Crippen LogP contribution in [0.2, 0.25) is 10.0 Å². The van der Waals surface area contributed by atoms with Crippen molar-refractivity contribution in [2.75, 3.05) is 18.0 Å². The summed E-state index contributed by atoms with van der Waals surface area (Å²) in [7, 11) is 0. The van der Waals surface area contributed by atoms with Crippen molar-refractivity contribution in [3.8, 4) is 17.3 Å². The molecule has 32 heavy (non-hydrogen) atoms. The first kappa shape index (κ1) is 24.1. The van der Waals surface area contributed by atoms with Crippen LogP contribution in [0.5, 0.6) is 0 Å². The number of nitrogens with one attached hydrogen (secondary N) is 1. The van der Waals surface area contributed by atoms with E-state index in [0.717, 1.165) is 12.8 Å². The molecule has 1 aromatic heterocycles. The number of nitriles is 1. The van der Waals surface area contributed by atoms with Gasteiger partial charge in [0.15, 0.2) is 11.5 Å². The van der Waals surface area contributed by atoms with Crippen molar-refractivity contribution in [3.05, 3.63) is 39.6 Å². The van der Waals surface area contributed by atoms with E-state index in [0.29, 0.717) is 45.9 Å². The fraction of sp³-hybridized carbons (Fsp3) is 0.455. The first-order valence-corrected chi connectivity index (χ1v) is 11.0. The molecule has 0 aliphatic carbocycles. The Hall–Kier alpha value is -2.60. The highest BCUT2D eigenvalue weighted by Crippen LogP contribution is 2.36. The van der Waals surface area contributed by atoms with Crippen molar-refractivity contribution in [2.45, 2.75) is 51.1 Å². The molecule has 8 nitrogen and oxygen atoms in total. The Balaban J connectivity index is 2.15. The Kier molecular flexibility index (Phi) is 6.84. The topological polar surface area (TPSA) is 128 Å². The number of amides is 1. The molecule has 1 saturated heterocycles. The SMILES string of the molecule is CC1(N)CCN(c2nc(CC(C)(C)NC(=O)O)c(-c3cccc(Cl)c3Cl)nc2C#N)CC1. The Bertz CT molecular complexity index is 1070. The molecule has 1 aromatic carbocycles. The van der Waals surface area contributed by atoms with Crippen molar-refractivity contribution >= 4 is 35.1 Å². The number of nitrogens with two attached hydrogens (primary N) is 1. The van der Waals surface area contributed by atoms with Crippen LogP contribution < -0.4 is 16.0 Å². The number of halogens is 2. The summed E-state index contributed by atoms with van der Waals surface area (Å²) in [5.74, 6) is 0.464. The van der Waals surface area contributed by atoms with E-state index in [1.165, 1.54) is 0 Å². The molecule has 2 aromatic rings. The average Bonchev–Trinajstić information content (AvgIpc) is 2.69. The third kappa shape index (κ3) is 5.41. The summed E-state index contributed by atoms with van der Waals surface area (Å²) in [6, 6.07) is 7.30. The van der Waals surface area contributed by atoms with E-state index in [1.807, 2.05) is 11.8 Å². The number of benzene rings is 1. The van der Waals surface area contributed by atoms with Crippen LogP contribution in [-0.4, -0.2) is 45.3 Å². The molecule has 4 N–H and O–H groups in total. The minimum Gasteiger partial charge on any atom is -0.465 e. The molecule has 170 valence electrons. The molecular formula is C22H26Cl2N6O2. The lowest BCUT2D eigenvalue weighted by Crippen LogP contribution is -2.49. The number of aromatic nitrogens is 2. The molecule has 10 heteroatoms. The second-order valence-corrected chi connectivity index (χ2v) is 9.82. The third-order valence-electron chi connectivity index (χ3n) is 5.52. The molecule has 0 spiro atoms. The maximum atomic E-state index is 11.3. The zero-order chi connectivity index (χ0) is 23.7. The molecule has 1 aliphatic heterocycles. The zero-order valence-electron chi connectivity index (χ0n) is 18.2. The molecule has 1 fully saturated rings. The van der Waals surface area contributed by atoms with Crippen LogP contribution >= 0.6 is 23.2 Å². The van der Waals surface area contributed by atoms with Crippen molar-refractivity contribution in [3.63, 3.8) is 0 Å². The van der Waals surface area contributed by atoms with Gasteiger partial charge in [0.05, 0.1) is 21.4 Å². The van der Waals surface area contributed by atoms with Crippen LogP contribution in [0.4, 0.5) is 10.6 Å². The number of rotatable bonds is 5. The summed E-state index contributed by atoms with van der Waals surface area (Å²) >= 11 is 12.7. The monoisotopic (exact) mass is 476 g/mol. The van der Waals surface area contributed by atoms with Crippen LogP contribution in [0, 0.1) is 11.3 Å². The van der Waals surface area contributed by atoms with Gasteiger partial charge in [-0.25, -0.2) is 14.8 Å². The molecular weight excluding hydrogens is 451 g/mol. The van der Waals surface area contributed by atoms with Gasteiger partial charge in [-0.1, -0.05) is 35.3 Å². The van der Waals surface area contributed by atoms with Gasteiger partial charge in [-0.3, -0.25) is 0 Å². The van der Waals surface area contributed by atoms with Gasteiger partial charge in [0.25, 0.3) is 0 Å². The first-order chi connectivity index (χ1) is 14.9. The summed E-state index contributed by atoms with van der Waals surface area (Å²) in [5, 5.41) is 22.2. The van der Waals surface area contributed by atoms with Crippen molar-refractivity contribution < 1.29 is 9.90 Å². The number of nitrogens with zero attached hydrogens (tertiary/aromatic N) is 4. The molecule has 0 atom stereocenters. The van der Waals surface area contributed by atoms with E-state index >= 15 is 0 Å². The minimum absolute atomic E-state index is 0.171. The summed E-state index contributed by atoms with van der Waals surface area (Å²) < 4.78 is 0. The standard InChI is InChI=1S/C22H26Cl2N6O2/c1-21(2,29-20(31)32)11-15-18(13-5-4-6-14(23)17(13)24)27-16(12-25)19(28-15)30-9-7-22(3,26)8-10-30/h4-6,29H,7-11,26H2,1-3H3,(H,31,32). The van der Waals surface area contributed by atoms with E-state index in [2.05, 4.69) is 16.4 Å². The molecule has 0 radical (unpaired) electrons. The van der Waals surface area contributed by atoms with Crippen molar-refractivity contribution in [2.24, 2.45) is 5.73 Å². The number of hydrogen-bond acceptors (Lipinski definition) is 6. The summed E-state index contributed by atoms with van der Waals surface area (Å²) in [5.41, 5.74) is 6.77. The molecule has 0 unspecified atom stereocenters. The minimum atomic E-state index is -1.14. The maximum Gasteiger partial charge on any atom is 0.405 e. The van der Waals surface area contributed by atoms with E-state index in [-0.39, 0.29) is 17.7 Å². The number of piperidine rings is 1. The quantitative estimate of drug-likeness (QED) is 0.588. The van der Waals surface area contributed by atoms with E-state index in [9.17, 15) is 15.2 Å². The van der Waals surface area contributed by atoms with Gasteiger partial charge in [0.2, 0.25) is 0 Å². The van der Waals surface area contributed by atoms with Gasteiger partial charge in [-0.05, 0) is 39.7 Å². The van der Waals surface area contributed by atoms with Crippen LogP contribution in [0.25, 0.3) is 11.3 Å². The molecule has 0 saturated carbocycles. The van der Waals surface area contributed by atoms with E-state index < -0.39 is 11.6 Å². The van der Waals surface area contributed by atoms with Crippen molar-refractivity contribution in [1.29, 1.82) is 5.26 Å². The normalized spacial score (nSPS) is 15.8. The summed E-state index contributed by atoms with van der Waals surface area (Å²) in [6.45, 7) is 6.81. The second kappa shape index (κ2) is 9.10. The first-order valence-electron chi connectivity index (χ1n) is 10.2. The fourth-order valence-electron chi connectivity index (χ4n) is 3.76. The smallest absolute Gasteiger partial charge is 0.405 e. The molecule has 0 bridgehead atoms. The Morgan fingerprint density at radius 2 is 2.00 bits per heavy atom. The second-order valence-electron chi connectivity index (χ2n) is 9.04. The Morgan fingerprint density at radius 1 is 1.34 bits per heavy atom. The highest BCUT2D eigenvalue weighted by Gasteiger charge is 2.31. The van der Waals surface area contributed by atoms with Gasteiger partial charge in [0.1, 0.15) is 6.07 Å². The number of carboxylic acid groups (broad SMARTS) is 1. The molecule has 1 amide bonds. The predicted octanol–water partition coefficient (Wildman–Crippen LogP) is 4.23. The maximum absolute atomic E-state index is 11.3. The third-order valence-corrected chi connectivity index (χ3v) is 6.34. The van der Waals surface area contributed by atoms with E-state index in [1.54, 1.807) is 32.0 Å². The van der Waals surface area contributed by atoms with Crippen LogP contribution in [0.15, 0.2) is 18.2 Å². The van der Waals surface area contributed by atoms with Crippen molar-refractivity contribution in [1.82, 2.24) is 15.3 Å². The summed E-state index contributed by atoms with van der Waals surface area (Å²) in [6.07, 6.45) is 0.592. The Morgan fingerprint density at radius 3 is 2.59 bits per heavy atom.